The number of amides is 2. The van der Waals surface area contributed by atoms with Gasteiger partial charge in [0.25, 0.3) is 0 Å². The monoisotopic (exact) mass is 461 g/mol. The number of carbonyl (C=O) groups is 2. The Labute approximate surface area is 192 Å². The zero-order valence-corrected chi connectivity index (χ0v) is 18.8. The molecular weight excluding hydrogens is 431 g/mol. The van der Waals surface area contributed by atoms with Crippen molar-refractivity contribution in [3.8, 4) is 11.1 Å². The van der Waals surface area contributed by atoms with Crippen LogP contribution in [0, 0.1) is 0 Å². The maximum Gasteiger partial charge on any atom is 0.417 e. The first-order valence-corrected chi connectivity index (χ1v) is 11.3. The van der Waals surface area contributed by atoms with E-state index in [1.54, 1.807) is 37.3 Å². The van der Waals surface area contributed by atoms with Crippen LogP contribution in [0.4, 0.5) is 18.9 Å². The van der Waals surface area contributed by atoms with Crippen molar-refractivity contribution in [3.63, 3.8) is 0 Å². The lowest BCUT2D eigenvalue weighted by atomic mass is 9.99. The van der Waals surface area contributed by atoms with Gasteiger partial charge in [-0.3, -0.25) is 9.59 Å². The first-order valence-electron chi connectivity index (χ1n) is 11.3. The molecule has 0 bridgehead atoms. The topological polar surface area (TPSA) is 52.7 Å². The largest absolute Gasteiger partial charge is 0.417 e. The second kappa shape index (κ2) is 11.3. The van der Waals surface area contributed by atoms with Crippen LogP contribution in [0.2, 0.25) is 0 Å². The molecule has 5 nitrogen and oxygen atoms in total. The van der Waals surface area contributed by atoms with Gasteiger partial charge in [0.2, 0.25) is 11.8 Å². The van der Waals surface area contributed by atoms with E-state index in [0.717, 1.165) is 58.1 Å². The minimum atomic E-state index is -4.43. The summed E-state index contributed by atoms with van der Waals surface area (Å²) in [4.78, 5) is 28.0. The number of nitrogens with one attached hydrogen (secondary N) is 1. The predicted molar refractivity (Wildman–Crippen MR) is 123 cm³/mol. The maximum atomic E-state index is 13.2. The molecule has 0 spiro atoms. The minimum Gasteiger partial charge on any atom is -0.342 e. The van der Waals surface area contributed by atoms with Crippen LogP contribution in [-0.2, 0) is 15.8 Å². The van der Waals surface area contributed by atoms with Crippen molar-refractivity contribution in [2.75, 3.05) is 38.0 Å². The summed E-state index contributed by atoms with van der Waals surface area (Å²) >= 11 is 0. The molecule has 1 N–H and O–H groups in total. The molecule has 1 fully saturated rings. The number of halogens is 3. The Bertz CT molecular complexity index is 945. The van der Waals surface area contributed by atoms with Gasteiger partial charge in [-0.05, 0) is 61.7 Å². The number of benzene rings is 2. The van der Waals surface area contributed by atoms with Crippen molar-refractivity contribution in [1.29, 1.82) is 0 Å². The Balaban J connectivity index is 1.44. The van der Waals surface area contributed by atoms with Gasteiger partial charge in [0.1, 0.15) is 0 Å². The molecule has 1 aliphatic heterocycles. The maximum absolute atomic E-state index is 13.2. The number of hydrogen-bond donors (Lipinski definition) is 1. The quantitative estimate of drug-likeness (QED) is 0.588. The van der Waals surface area contributed by atoms with E-state index >= 15 is 0 Å². The summed E-state index contributed by atoms with van der Waals surface area (Å²) < 4.78 is 39.7. The summed E-state index contributed by atoms with van der Waals surface area (Å²) in [5, 5.41) is 2.81. The van der Waals surface area contributed by atoms with Crippen molar-refractivity contribution in [2.45, 2.75) is 38.8 Å². The smallest absolute Gasteiger partial charge is 0.342 e. The lowest BCUT2D eigenvalue weighted by Crippen LogP contribution is -2.34. The molecule has 8 heteroatoms. The standard InChI is InChI=1S/C25H30F3N3O2/c1-19(32)31-16-6-15-30(17-18-31)14-5-4-9-24(33)29-21-12-10-20(11-13-21)22-7-2-3-8-23(22)25(26,27)28/h2-3,7-8,10-13H,4-6,9,14-18H2,1H3,(H,29,33). The van der Waals surface area contributed by atoms with Crippen molar-refractivity contribution < 1.29 is 22.8 Å². The molecule has 178 valence electrons. The zero-order chi connectivity index (χ0) is 23.8. The lowest BCUT2D eigenvalue weighted by molar-refractivity contribution is -0.137. The summed E-state index contributed by atoms with van der Waals surface area (Å²) in [6.07, 6.45) is -1.45. The van der Waals surface area contributed by atoms with Crippen LogP contribution >= 0.6 is 0 Å². The molecular formula is C25H30F3N3O2. The Morgan fingerprint density at radius 2 is 1.67 bits per heavy atom. The highest BCUT2D eigenvalue weighted by atomic mass is 19.4. The van der Waals surface area contributed by atoms with E-state index in [1.165, 1.54) is 12.1 Å². The third-order valence-corrected chi connectivity index (χ3v) is 5.87. The molecule has 33 heavy (non-hydrogen) atoms. The third kappa shape index (κ3) is 7.32. The number of rotatable bonds is 7. The number of alkyl halides is 3. The number of nitrogens with zero attached hydrogens (tertiary/aromatic N) is 2. The van der Waals surface area contributed by atoms with E-state index in [-0.39, 0.29) is 17.4 Å². The molecule has 1 heterocycles. The average Bonchev–Trinajstić information content (AvgIpc) is 3.03. The molecule has 0 saturated carbocycles. The Hall–Kier alpha value is -2.87. The molecule has 0 radical (unpaired) electrons. The van der Waals surface area contributed by atoms with Gasteiger partial charge in [-0.1, -0.05) is 30.3 Å². The van der Waals surface area contributed by atoms with Crippen LogP contribution in [0.5, 0.6) is 0 Å². The highest BCUT2D eigenvalue weighted by molar-refractivity contribution is 5.91. The number of carbonyl (C=O) groups excluding carboxylic acids is 2. The van der Waals surface area contributed by atoms with Gasteiger partial charge in [-0.2, -0.15) is 13.2 Å². The first kappa shape index (κ1) is 24.8. The summed E-state index contributed by atoms with van der Waals surface area (Å²) in [7, 11) is 0. The van der Waals surface area contributed by atoms with Gasteiger partial charge < -0.3 is 15.1 Å². The van der Waals surface area contributed by atoms with E-state index in [2.05, 4.69) is 10.2 Å². The van der Waals surface area contributed by atoms with Gasteiger partial charge >= 0.3 is 6.18 Å². The number of anilines is 1. The second-order valence-corrected chi connectivity index (χ2v) is 8.33. The Morgan fingerprint density at radius 1 is 0.939 bits per heavy atom. The summed E-state index contributed by atoms with van der Waals surface area (Å²) in [5.74, 6) is 0.00294. The van der Waals surface area contributed by atoms with Gasteiger partial charge in [-0.15, -0.1) is 0 Å². The van der Waals surface area contributed by atoms with Crippen LogP contribution in [-0.4, -0.2) is 54.3 Å². The molecule has 2 aromatic rings. The van der Waals surface area contributed by atoms with Gasteiger partial charge in [0.05, 0.1) is 5.56 Å². The van der Waals surface area contributed by atoms with Crippen LogP contribution < -0.4 is 5.32 Å². The van der Waals surface area contributed by atoms with E-state index in [1.807, 2.05) is 4.90 Å². The van der Waals surface area contributed by atoms with Crippen molar-refractivity contribution in [3.05, 3.63) is 54.1 Å². The second-order valence-electron chi connectivity index (χ2n) is 8.33. The normalized spacial score (nSPS) is 15.2. The fourth-order valence-corrected chi connectivity index (χ4v) is 4.07. The Kier molecular flexibility index (Phi) is 8.49. The molecule has 0 aromatic heterocycles. The van der Waals surface area contributed by atoms with Crippen LogP contribution in [0.25, 0.3) is 11.1 Å². The first-order chi connectivity index (χ1) is 15.7. The molecule has 2 amide bonds. The van der Waals surface area contributed by atoms with E-state index < -0.39 is 11.7 Å². The lowest BCUT2D eigenvalue weighted by Gasteiger charge is -2.20. The van der Waals surface area contributed by atoms with Crippen LogP contribution in [0.3, 0.4) is 0 Å². The molecule has 2 aromatic carbocycles. The number of hydrogen-bond acceptors (Lipinski definition) is 3. The Morgan fingerprint density at radius 3 is 2.36 bits per heavy atom. The van der Waals surface area contributed by atoms with Crippen LogP contribution in [0.1, 0.15) is 38.2 Å². The van der Waals surface area contributed by atoms with Crippen molar-refractivity contribution in [2.24, 2.45) is 0 Å². The molecule has 3 rings (SSSR count). The predicted octanol–water partition coefficient (Wildman–Crippen LogP) is 5.04. The van der Waals surface area contributed by atoms with E-state index in [0.29, 0.717) is 17.7 Å². The zero-order valence-electron chi connectivity index (χ0n) is 18.8. The number of unbranched alkanes of at least 4 members (excludes halogenated alkanes) is 1. The summed E-state index contributed by atoms with van der Waals surface area (Å²) in [6, 6.07) is 11.9. The SMILES string of the molecule is CC(=O)N1CCCN(CCCCC(=O)Nc2ccc(-c3ccccc3C(F)(F)F)cc2)CC1. The van der Waals surface area contributed by atoms with Crippen molar-refractivity contribution >= 4 is 17.5 Å². The minimum absolute atomic E-state index is 0.114. The average molecular weight is 462 g/mol. The van der Waals surface area contributed by atoms with Crippen LogP contribution in [0.15, 0.2) is 48.5 Å². The third-order valence-electron chi connectivity index (χ3n) is 5.87. The van der Waals surface area contributed by atoms with Gasteiger partial charge in [-0.25, -0.2) is 0 Å². The van der Waals surface area contributed by atoms with E-state index in [9.17, 15) is 22.8 Å². The van der Waals surface area contributed by atoms with Gasteiger partial charge in [0.15, 0.2) is 0 Å². The summed E-state index contributed by atoms with van der Waals surface area (Å²) in [6.45, 7) is 5.86. The van der Waals surface area contributed by atoms with Gasteiger partial charge in [0, 0.05) is 38.7 Å². The fourth-order valence-electron chi connectivity index (χ4n) is 4.07. The highest BCUT2D eigenvalue weighted by Crippen LogP contribution is 2.37. The molecule has 0 atom stereocenters. The van der Waals surface area contributed by atoms with Crippen molar-refractivity contribution in [1.82, 2.24) is 9.80 Å². The highest BCUT2D eigenvalue weighted by Gasteiger charge is 2.33. The molecule has 1 saturated heterocycles. The molecule has 0 unspecified atom stereocenters. The van der Waals surface area contributed by atoms with E-state index in [4.69, 9.17) is 0 Å². The summed E-state index contributed by atoms with van der Waals surface area (Å²) in [5.41, 5.74) is 0.440. The molecule has 1 aliphatic rings. The molecule has 0 aliphatic carbocycles. The fraction of sp³-hybridized carbons (Fsp3) is 0.440.